The molecule has 42 heavy (non-hydrogen) atoms. The van der Waals surface area contributed by atoms with Gasteiger partial charge in [-0.15, -0.1) is 0 Å². The normalized spacial score (nSPS) is 14.9. The van der Waals surface area contributed by atoms with E-state index in [0.29, 0.717) is 18.0 Å². The molecule has 1 saturated carbocycles. The van der Waals surface area contributed by atoms with Crippen LogP contribution in [0.3, 0.4) is 0 Å². The summed E-state index contributed by atoms with van der Waals surface area (Å²) in [4.78, 5) is 55.4. The molecule has 2 rings (SSSR count). The summed E-state index contributed by atoms with van der Waals surface area (Å²) in [5.41, 5.74) is -0.864. The summed E-state index contributed by atoms with van der Waals surface area (Å²) in [6.45, 7) is 10.5. The molecule has 10 heteroatoms. The van der Waals surface area contributed by atoms with Crippen LogP contribution >= 0.6 is 0 Å². The van der Waals surface area contributed by atoms with Crippen LogP contribution in [0.5, 0.6) is 5.75 Å². The lowest BCUT2D eigenvalue weighted by molar-refractivity contribution is -0.157. The van der Waals surface area contributed by atoms with Gasteiger partial charge in [-0.25, -0.2) is 4.79 Å². The lowest BCUT2D eigenvalue weighted by atomic mass is 9.86. The predicted octanol–water partition coefficient (Wildman–Crippen LogP) is 5.16. The largest absolute Gasteiger partial charge is 0.508 e. The van der Waals surface area contributed by atoms with E-state index < -0.39 is 41.1 Å². The minimum Gasteiger partial charge on any atom is -0.508 e. The van der Waals surface area contributed by atoms with Crippen LogP contribution < -0.4 is 5.32 Å². The third-order valence-corrected chi connectivity index (χ3v) is 6.93. The Morgan fingerprint density at radius 2 is 1.50 bits per heavy atom. The average molecular weight is 590 g/mol. The molecule has 10 nitrogen and oxygen atoms in total. The van der Waals surface area contributed by atoms with Crippen molar-refractivity contribution < 1.29 is 33.8 Å². The molecule has 0 heterocycles. The summed E-state index contributed by atoms with van der Waals surface area (Å²) in [5, 5.41) is 12.3. The summed E-state index contributed by atoms with van der Waals surface area (Å²) < 4.78 is 10.9. The topological polar surface area (TPSA) is 125 Å². The molecule has 3 amide bonds. The van der Waals surface area contributed by atoms with E-state index >= 15 is 0 Å². The average Bonchev–Trinajstić information content (AvgIpc) is 2.87. The molecule has 0 spiro atoms. The van der Waals surface area contributed by atoms with Gasteiger partial charge in [0, 0.05) is 20.1 Å². The molecule has 1 fully saturated rings. The maximum atomic E-state index is 13.6. The number of esters is 2. The highest BCUT2D eigenvalue weighted by molar-refractivity contribution is 5.91. The molecule has 0 aromatic heterocycles. The van der Waals surface area contributed by atoms with Crippen molar-refractivity contribution in [3.05, 3.63) is 29.8 Å². The number of nitrogens with zero attached hydrogens (tertiary/aromatic N) is 2. The number of amides is 3. The molecule has 0 saturated heterocycles. The van der Waals surface area contributed by atoms with Gasteiger partial charge in [-0.05, 0) is 78.0 Å². The second-order valence-electron chi connectivity index (χ2n) is 13.3. The summed E-state index contributed by atoms with van der Waals surface area (Å²) >= 11 is 0. The zero-order chi connectivity index (χ0) is 31.5. The van der Waals surface area contributed by atoms with Gasteiger partial charge in [0.05, 0.1) is 6.42 Å². The van der Waals surface area contributed by atoms with E-state index in [4.69, 9.17) is 9.47 Å². The fraction of sp³-hybridized carbons (Fsp3) is 0.688. The van der Waals surface area contributed by atoms with Gasteiger partial charge in [-0.2, -0.15) is 0 Å². The van der Waals surface area contributed by atoms with Crippen molar-refractivity contribution in [1.29, 1.82) is 0 Å². The molecule has 236 valence electrons. The van der Waals surface area contributed by atoms with Crippen LogP contribution in [0.15, 0.2) is 24.3 Å². The molecule has 1 aliphatic rings. The van der Waals surface area contributed by atoms with Gasteiger partial charge in [0.15, 0.2) is 0 Å². The van der Waals surface area contributed by atoms with Gasteiger partial charge in [0.2, 0.25) is 5.91 Å². The maximum Gasteiger partial charge on any atom is 0.326 e. The van der Waals surface area contributed by atoms with E-state index in [1.54, 1.807) is 65.6 Å². The van der Waals surface area contributed by atoms with Gasteiger partial charge in [-0.1, -0.05) is 44.2 Å². The lowest BCUT2D eigenvalue weighted by Crippen LogP contribution is -2.53. The number of likely N-dealkylation sites (N-methyl/N-ethyl adjacent to an activating group) is 1. The van der Waals surface area contributed by atoms with Crippen LogP contribution in [0.25, 0.3) is 0 Å². The molecule has 0 aliphatic heterocycles. The first-order chi connectivity index (χ1) is 19.5. The Hall–Kier alpha value is -3.30. The Morgan fingerprint density at radius 3 is 2.07 bits per heavy atom. The van der Waals surface area contributed by atoms with E-state index in [1.807, 2.05) is 0 Å². The fourth-order valence-electron chi connectivity index (χ4n) is 5.01. The number of carbonyl (C=O) groups excluding carboxylic acids is 4. The van der Waals surface area contributed by atoms with Gasteiger partial charge in [0.25, 0.3) is 0 Å². The third-order valence-electron chi connectivity index (χ3n) is 6.93. The SMILES string of the molecule is CN(CCCC1CCCCC1)C(=O)[C@H](CC(=O)OC(C)(C)C)NC(=O)N(CC(=O)OC(C)(C)C)Cc1ccc(O)cc1. The van der Waals surface area contributed by atoms with Crippen LogP contribution in [0, 0.1) is 5.92 Å². The van der Waals surface area contributed by atoms with Crippen LogP contribution in [0.4, 0.5) is 4.79 Å². The second-order valence-corrected chi connectivity index (χ2v) is 13.3. The molecule has 0 unspecified atom stereocenters. The molecule has 2 N–H and O–H groups in total. The molecule has 0 bridgehead atoms. The van der Waals surface area contributed by atoms with Crippen molar-refractivity contribution in [2.75, 3.05) is 20.1 Å². The zero-order valence-electron chi connectivity index (χ0n) is 26.5. The molecule has 1 aliphatic carbocycles. The second kappa shape index (κ2) is 15.8. The maximum absolute atomic E-state index is 13.6. The van der Waals surface area contributed by atoms with E-state index in [1.165, 1.54) is 49.1 Å². The number of rotatable bonds is 12. The molecule has 1 aromatic rings. The minimum absolute atomic E-state index is 0.00985. The van der Waals surface area contributed by atoms with Crippen LogP contribution in [0.1, 0.15) is 98.5 Å². The first-order valence-corrected chi connectivity index (χ1v) is 15.0. The Balaban J connectivity index is 2.19. The van der Waals surface area contributed by atoms with Crippen LogP contribution in [-0.4, -0.2) is 76.2 Å². The number of hydrogen-bond donors (Lipinski definition) is 2. The standard InChI is InChI=1S/C32H51N3O7/c1-31(2,3)41-27(37)20-26(29(39)34(7)19-11-14-23-12-9-8-10-13-23)33-30(40)35(22-28(38)42-32(4,5)6)21-24-15-17-25(36)18-16-24/h15-18,23,26,36H,8-14,19-22H2,1-7H3,(H,33,40)/t26-/m0/s1. The van der Waals surface area contributed by atoms with Gasteiger partial charge < -0.3 is 29.7 Å². The highest BCUT2D eigenvalue weighted by Crippen LogP contribution is 2.27. The van der Waals surface area contributed by atoms with Crippen LogP contribution in [0.2, 0.25) is 0 Å². The number of aromatic hydroxyl groups is 1. The first kappa shape index (κ1) is 34.9. The van der Waals surface area contributed by atoms with Crippen molar-refractivity contribution in [2.24, 2.45) is 5.92 Å². The Morgan fingerprint density at radius 1 is 0.929 bits per heavy atom. The van der Waals surface area contributed by atoms with Crippen LogP contribution in [-0.2, 0) is 30.4 Å². The molecule has 0 radical (unpaired) electrons. The van der Waals surface area contributed by atoms with E-state index in [-0.39, 0.29) is 25.3 Å². The number of phenols is 1. The highest BCUT2D eigenvalue weighted by Gasteiger charge is 2.32. The van der Waals surface area contributed by atoms with Gasteiger partial charge >= 0.3 is 18.0 Å². The lowest BCUT2D eigenvalue weighted by Gasteiger charge is -2.30. The number of phenolic OH excluding ortho intramolecular Hbond substituents is 1. The van der Waals surface area contributed by atoms with Gasteiger partial charge in [-0.3, -0.25) is 14.4 Å². The predicted molar refractivity (Wildman–Crippen MR) is 161 cm³/mol. The summed E-state index contributed by atoms with van der Waals surface area (Å²) in [5.74, 6) is -0.891. The number of benzene rings is 1. The summed E-state index contributed by atoms with van der Waals surface area (Å²) in [7, 11) is 1.67. The number of ether oxygens (including phenoxy) is 2. The smallest absolute Gasteiger partial charge is 0.326 e. The van der Waals surface area contributed by atoms with E-state index in [0.717, 1.165) is 12.8 Å². The molecule has 1 atom stereocenters. The van der Waals surface area contributed by atoms with Crippen molar-refractivity contribution in [3.8, 4) is 5.75 Å². The molecule has 1 aromatic carbocycles. The fourth-order valence-corrected chi connectivity index (χ4v) is 5.01. The zero-order valence-corrected chi connectivity index (χ0v) is 26.5. The van der Waals surface area contributed by atoms with Gasteiger partial charge in [0.1, 0.15) is 29.5 Å². The quantitative estimate of drug-likeness (QED) is 0.323. The number of urea groups is 1. The van der Waals surface area contributed by atoms with Crippen molar-refractivity contribution in [3.63, 3.8) is 0 Å². The Labute approximate surface area is 251 Å². The highest BCUT2D eigenvalue weighted by atomic mass is 16.6. The van der Waals surface area contributed by atoms with Crippen molar-refractivity contribution in [2.45, 2.75) is 117 Å². The third kappa shape index (κ3) is 13.6. The van der Waals surface area contributed by atoms with E-state index in [2.05, 4.69) is 5.32 Å². The number of carbonyl (C=O) groups is 4. The van der Waals surface area contributed by atoms with Crippen molar-refractivity contribution >= 4 is 23.9 Å². The van der Waals surface area contributed by atoms with Crippen molar-refractivity contribution in [1.82, 2.24) is 15.1 Å². The monoisotopic (exact) mass is 589 g/mol. The minimum atomic E-state index is -1.19. The summed E-state index contributed by atoms with van der Waals surface area (Å²) in [6.07, 6.45) is 7.78. The first-order valence-electron chi connectivity index (χ1n) is 15.0. The van der Waals surface area contributed by atoms with E-state index in [9.17, 15) is 24.3 Å². The Kier molecular flexibility index (Phi) is 13.1. The number of hydrogen-bond acceptors (Lipinski definition) is 7. The Bertz CT molecular complexity index is 1040. The molecular weight excluding hydrogens is 538 g/mol. The number of nitrogens with one attached hydrogen (secondary N) is 1. The summed E-state index contributed by atoms with van der Waals surface area (Å²) in [6, 6.07) is 4.34. The molecular formula is C32H51N3O7.